The van der Waals surface area contributed by atoms with Gasteiger partial charge in [-0.05, 0) is 37.4 Å². The number of aryl methyl sites for hydroxylation is 1. The summed E-state index contributed by atoms with van der Waals surface area (Å²) in [5.74, 6) is 1.60. The van der Waals surface area contributed by atoms with E-state index in [0.717, 1.165) is 48.7 Å². The molecule has 6 nitrogen and oxygen atoms in total. The number of nitrogens with zero attached hydrogens (tertiary/aromatic N) is 3. The molecule has 2 heterocycles. The zero-order valence-corrected chi connectivity index (χ0v) is 16.9. The monoisotopic (exact) mass is 390 g/mol. The van der Waals surface area contributed by atoms with E-state index in [2.05, 4.69) is 38.1 Å². The first-order valence-corrected chi connectivity index (χ1v) is 9.92. The van der Waals surface area contributed by atoms with E-state index in [0.29, 0.717) is 17.6 Å². The largest absolute Gasteiger partial charge is 0.495 e. The van der Waals surface area contributed by atoms with Crippen LogP contribution < -0.4 is 15.2 Å². The van der Waals surface area contributed by atoms with Gasteiger partial charge in [-0.2, -0.15) is 0 Å². The Hall–Kier alpha value is -3.28. The van der Waals surface area contributed by atoms with Gasteiger partial charge in [-0.1, -0.05) is 29.8 Å². The number of hydrogen-bond acceptors (Lipinski definition) is 5. The SMILES string of the molecule is COc1ccccc1N1CCN(C=CCc2nc3ccc(C)cc3c(=O)[nH]2)CC1. The quantitative estimate of drug-likeness (QED) is 0.725. The Morgan fingerprint density at radius 3 is 2.72 bits per heavy atom. The number of piperazine rings is 1. The Kier molecular flexibility index (Phi) is 5.51. The summed E-state index contributed by atoms with van der Waals surface area (Å²) in [4.78, 5) is 24.4. The molecule has 1 aromatic heterocycles. The van der Waals surface area contributed by atoms with Crippen LogP contribution in [0.4, 0.5) is 5.69 Å². The third kappa shape index (κ3) is 4.26. The Balaban J connectivity index is 1.37. The molecule has 29 heavy (non-hydrogen) atoms. The molecule has 1 aliphatic heterocycles. The van der Waals surface area contributed by atoms with E-state index in [1.807, 2.05) is 43.3 Å². The third-order valence-corrected chi connectivity index (χ3v) is 5.28. The molecule has 0 spiro atoms. The Labute approximate surface area is 170 Å². The molecule has 150 valence electrons. The number of hydrogen-bond donors (Lipinski definition) is 1. The molecule has 1 aliphatic rings. The maximum absolute atomic E-state index is 12.3. The topological polar surface area (TPSA) is 61.5 Å². The number of aromatic amines is 1. The van der Waals surface area contributed by atoms with Crippen molar-refractivity contribution in [2.45, 2.75) is 13.3 Å². The normalized spacial score (nSPS) is 14.7. The predicted octanol–water partition coefficient (Wildman–Crippen LogP) is 3.12. The van der Waals surface area contributed by atoms with E-state index in [9.17, 15) is 4.79 Å². The molecule has 0 bridgehead atoms. The number of benzene rings is 2. The summed E-state index contributed by atoms with van der Waals surface area (Å²) in [6, 6.07) is 13.9. The second-order valence-electron chi connectivity index (χ2n) is 7.32. The highest BCUT2D eigenvalue weighted by Gasteiger charge is 2.17. The van der Waals surface area contributed by atoms with E-state index in [1.165, 1.54) is 0 Å². The van der Waals surface area contributed by atoms with E-state index < -0.39 is 0 Å². The summed E-state index contributed by atoms with van der Waals surface area (Å²) >= 11 is 0. The first-order valence-electron chi connectivity index (χ1n) is 9.92. The van der Waals surface area contributed by atoms with Crippen LogP contribution >= 0.6 is 0 Å². The molecule has 0 aliphatic carbocycles. The van der Waals surface area contributed by atoms with Crippen molar-refractivity contribution in [2.24, 2.45) is 0 Å². The number of ether oxygens (including phenoxy) is 1. The number of nitrogens with one attached hydrogen (secondary N) is 1. The third-order valence-electron chi connectivity index (χ3n) is 5.28. The zero-order chi connectivity index (χ0) is 20.2. The fourth-order valence-corrected chi connectivity index (χ4v) is 3.71. The van der Waals surface area contributed by atoms with Gasteiger partial charge in [-0.3, -0.25) is 4.79 Å². The molecule has 3 aromatic rings. The number of aromatic nitrogens is 2. The minimum Gasteiger partial charge on any atom is -0.495 e. The lowest BCUT2D eigenvalue weighted by Crippen LogP contribution is -2.44. The van der Waals surface area contributed by atoms with Crippen LogP contribution in [0.15, 0.2) is 59.5 Å². The van der Waals surface area contributed by atoms with Crippen molar-refractivity contribution in [3.05, 3.63) is 76.5 Å². The number of fused-ring (bicyclic) bond motifs is 1. The van der Waals surface area contributed by atoms with Gasteiger partial charge in [0.25, 0.3) is 5.56 Å². The van der Waals surface area contributed by atoms with Crippen molar-refractivity contribution >= 4 is 16.6 Å². The summed E-state index contributed by atoms with van der Waals surface area (Å²) in [6.45, 7) is 5.73. The molecular weight excluding hydrogens is 364 g/mol. The number of allylic oxidation sites excluding steroid dienone is 1. The van der Waals surface area contributed by atoms with E-state index >= 15 is 0 Å². The molecule has 0 radical (unpaired) electrons. The maximum atomic E-state index is 12.3. The molecule has 1 fully saturated rings. The molecule has 1 N–H and O–H groups in total. The lowest BCUT2D eigenvalue weighted by molar-refractivity contribution is 0.345. The highest BCUT2D eigenvalue weighted by atomic mass is 16.5. The fraction of sp³-hybridized carbons (Fsp3) is 0.304. The van der Waals surface area contributed by atoms with Gasteiger partial charge < -0.3 is 19.5 Å². The Morgan fingerprint density at radius 1 is 1.14 bits per heavy atom. The van der Waals surface area contributed by atoms with Gasteiger partial charge in [0.15, 0.2) is 0 Å². The van der Waals surface area contributed by atoms with Gasteiger partial charge in [0.05, 0.1) is 23.7 Å². The Morgan fingerprint density at radius 2 is 1.93 bits per heavy atom. The summed E-state index contributed by atoms with van der Waals surface area (Å²) < 4.78 is 5.48. The number of methoxy groups -OCH3 is 1. The van der Waals surface area contributed by atoms with Crippen molar-refractivity contribution < 1.29 is 4.74 Å². The van der Waals surface area contributed by atoms with E-state index in [-0.39, 0.29) is 5.56 Å². The van der Waals surface area contributed by atoms with E-state index in [1.54, 1.807) is 7.11 Å². The number of para-hydroxylation sites is 2. The minimum atomic E-state index is -0.0764. The van der Waals surface area contributed by atoms with Gasteiger partial charge in [0.2, 0.25) is 0 Å². The summed E-state index contributed by atoms with van der Waals surface area (Å²) in [5, 5.41) is 0.644. The Bertz CT molecular complexity index is 1080. The number of anilines is 1. The summed E-state index contributed by atoms with van der Waals surface area (Å²) in [6.07, 6.45) is 4.78. The molecule has 0 saturated carbocycles. The average molecular weight is 390 g/mol. The lowest BCUT2D eigenvalue weighted by Gasteiger charge is -2.36. The van der Waals surface area contributed by atoms with Crippen LogP contribution in [0, 0.1) is 6.92 Å². The van der Waals surface area contributed by atoms with Crippen LogP contribution in [0.25, 0.3) is 10.9 Å². The van der Waals surface area contributed by atoms with Crippen molar-refractivity contribution in [1.29, 1.82) is 0 Å². The molecule has 4 rings (SSSR count). The van der Waals surface area contributed by atoms with Crippen LogP contribution in [0.1, 0.15) is 11.4 Å². The summed E-state index contributed by atoms with van der Waals surface area (Å²) in [5.41, 5.74) is 2.87. The van der Waals surface area contributed by atoms with Gasteiger partial charge in [0.1, 0.15) is 11.6 Å². The van der Waals surface area contributed by atoms with Crippen LogP contribution in [-0.2, 0) is 6.42 Å². The molecular formula is C23H26N4O2. The molecule has 0 amide bonds. The van der Waals surface area contributed by atoms with Crippen molar-refractivity contribution in [1.82, 2.24) is 14.9 Å². The van der Waals surface area contributed by atoms with Crippen LogP contribution in [0.5, 0.6) is 5.75 Å². The highest BCUT2D eigenvalue weighted by Crippen LogP contribution is 2.28. The smallest absolute Gasteiger partial charge is 0.258 e. The molecule has 2 aromatic carbocycles. The number of rotatable bonds is 5. The second-order valence-corrected chi connectivity index (χ2v) is 7.32. The molecule has 6 heteroatoms. The highest BCUT2D eigenvalue weighted by molar-refractivity contribution is 5.78. The van der Waals surface area contributed by atoms with Crippen LogP contribution in [0.3, 0.4) is 0 Å². The summed E-state index contributed by atoms with van der Waals surface area (Å²) in [7, 11) is 1.71. The lowest BCUT2D eigenvalue weighted by atomic mass is 10.1. The van der Waals surface area contributed by atoms with Crippen molar-refractivity contribution in [3.63, 3.8) is 0 Å². The molecule has 0 atom stereocenters. The van der Waals surface area contributed by atoms with Gasteiger partial charge in [-0.25, -0.2) is 4.98 Å². The van der Waals surface area contributed by atoms with Gasteiger partial charge in [0, 0.05) is 32.6 Å². The standard InChI is InChI=1S/C23H26N4O2/c1-17-9-10-19-18(16-17)23(28)25-22(24-19)8-5-11-26-12-14-27(15-13-26)20-6-3-4-7-21(20)29-2/h3-7,9-11,16H,8,12-15H2,1-2H3,(H,24,25,28). The van der Waals surface area contributed by atoms with Crippen molar-refractivity contribution in [3.8, 4) is 5.75 Å². The predicted molar refractivity (Wildman–Crippen MR) is 117 cm³/mol. The molecule has 0 unspecified atom stereocenters. The van der Waals surface area contributed by atoms with Crippen LogP contribution in [0.2, 0.25) is 0 Å². The fourth-order valence-electron chi connectivity index (χ4n) is 3.71. The van der Waals surface area contributed by atoms with Gasteiger partial charge >= 0.3 is 0 Å². The first-order chi connectivity index (χ1) is 14.1. The maximum Gasteiger partial charge on any atom is 0.258 e. The zero-order valence-electron chi connectivity index (χ0n) is 16.9. The van der Waals surface area contributed by atoms with Gasteiger partial charge in [-0.15, -0.1) is 0 Å². The average Bonchev–Trinajstić information content (AvgIpc) is 2.75. The van der Waals surface area contributed by atoms with Crippen LogP contribution in [-0.4, -0.2) is 48.2 Å². The molecule has 1 saturated heterocycles. The van der Waals surface area contributed by atoms with Crippen molar-refractivity contribution in [2.75, 3.05) is 38.2 Å². The minimum absolute atomic E-state index is 0.0764. The van der Waals surface area contributed by atoms with E-state index in [4.69, 9.17) is 4.74 Å². The first kappa shape index (κ1) is 19.1. The second kappa shape index (κ2) is 8.39. The number of H-pyrrole nitrogens is 1.